The van der Waals surface area contributed by atoms with Crippen molar-refractivity contribution in [3.63, 3.8) is 0 Å². The number of hydrogen-bond donors (Lipinski definition) is 1. The van der Waals surface area contributed by atoms with Gasteiger partial charge in [0.15, 0.2) is 5.82 Å². The Labute approximate surface area is 152 Å². The molecule has 0 saturated carbocycles. The van der Waals surface area contributed by atoms with Crippen molar-refractivity contribution < 1.29 is 9.47 Å². The van der Waals surface area contributed by atoms with Gasteiger partial charge in [-0.15, -0.1) is 22.0 Å². The number of methoxy groups -OCH3 is 2. The fourth-order valence-corrected chi connectivity index (χ4v) is 3.30. The van der Waals surface area contributed by atoms with Crippen molar-refractivity contribution in [1.29, 1.82) is 0 Å². The average Bonchev–Trinajstić information content (AvgIpc) is 2.68. The van der Waals surface area contributed by atoms with Gasteiger partial charge in [0.05, 0.1) is 14.2 Å². The van der Waals surface area contributed by atoms with E-state index in [9.17, 15) is 0 Å². The third kappa shape index (κ3) is 4.48. The van der Waals surface area contributed by atoms with E-state index in [0.29, 0.717) is 6.04 Å². The highest BCUT2D eigenvalue weighted by Crippen LogP contribution is 2.28. The molecule has 6 nitrogen and oxygen atoms in total. The quantitative estimate of drug-likeness (QED) is 0.793. The Balaban J connectivity index is 1.58. The first-order valence-corrected chi connectivity index (χ1v) is 9.56. The lowest BCUT2D eigenvalue weighted by Crippen LogP contribution is -2.39. The molecule has 1 saturated heterocycles. The van der Waals surface area contributed by atoms with Crippen molar-refractivity contribution in [2.75, 3.05) is 43.8 Å². The minimum absolute atomic E-state index is 0.423. The first-order chi connectivity index (χ1) is 12.2. The maximum absolute atomic E-state index is 5.34. The number of ether oxygens (including phenoxy) is 2. The molecule has 1 aromatic heterocycles. The second-order valence-electron chi connectivity index (χ2n) is 5.94. The summed E-state index contributed by atoms with van der Waals surface area (Å²) in [5.74, 6) is 2.55. The summed E-state index contributed by atoms with van der Waals surface area (Å²) in [4.78, 5) is 2.29. The van der Waals surface area contributed by atoms with Gasteiger partial charge in [0, 0.05) is 43.0 Å². The van der Waals surface area contributed by atoms with Crippen LogP contribution in [0, 0.1) is 0 Å². The average molecular weight is 360 g/mol. The van der Waals surface area contributed by atoms with Gasteiger partial charge in [0.2, 0.25) is 0 Å². The third-order valence-corrected chi connectivity index (χ3v) is 5.01. The Kier molecular flexibility index (Phi) is 5.86. The topological polar surface area (TPSA) is 59.5 Å². The van der Waals surface area contributed by atoms with E-state index in [4.69, 9.17) is 9.47 Å². The minimum atomic E-state index is 0.423. The summed E-state index contributed by atoms with van der Waals surface area (Å²) in [6, 6.07) is 10.4. The van der Waals surface area contributed by atoms with Gasteiger partial charge in [0.25, 0.3) is 0 Å². The molecular formula is C18H24N4O2S. The van der Waals surface area contributed by atoms with E-state index >= 15 is 0 Å². The molecule has 1 fully saturated rings. The first kappa shape index (κ1) is 17.7. The van der Waals surface area contributed by atoms with Crippen LogP contribution in [0.5, 0.6) is 11.5 Å². The normalized spacial score (nSPS) is 15.1. The first-order valence-electron chi connectivity index (χ1n) is 8.34. The smallest absolute Gasteiger partial charge is 0.151 e. The van der Waals surface area contributed by atoms with Gasteiger partial charge in [-0.2, -0.15) is 0 Å². The molecule has 1 aromatic carbocycles. The number of piperidine rings is 1. The summed E-state index contributed by atoms with van der Waals surface area (Å²) in [5, 5.41) is 13.1. The summed E-state index contributed by atoms with van der Waals surface area (Å²) in [6.45, 7) is 1.93. The van der Waals surface area contributed by atoms with Crippen molar-refractivity contribution in [3.8, 4) is 11.5 Å². The number of hydrogen-bond acceptors (Lipinski definition) is 7. The molecule has 1 aliphatic heterocycles. The number of rotatable bonds is 6. The number of thioether (sulfide) groups is 1. The molecule has 0 bridgehead atoms. The molecule has 0 amide bonds. The van der Waals surface area contributed by atoms with Crippen LogP contribution in [0.15, 0.2) is 35.4 Å². The van der Waals surface area contributed by atoms with Crippen LogP contribution in [-0.2, 0) is 0 Å². The predicted molar refractivity (Wildman–Crippen MR) is 102 cm³/mol. The van der Waals surface area contributed by atoms with Gasteiger partial charge in [-0.05, 0) is 31.2 Å². The third-order valence-electron chi connectivity index (χ3n) is 4.38. The standard InChI is InChI=1S/C18H24N4O2S/c1-23-15-10-14(11-16(12-15)24-2)19-13-6-8-22(9-7-13)17-4-5-18(25-3)21-20-17/h4-5,10-13,19H,6-9H2,1-3H3. The Morgan fingerprint density at radius 2 is 1.72 bits per heavy atom. The summed E-state index contributed by atoms with van der Waals surface area (Å²) in [6.07, 6.45) is 4.10. The number of benzene rings is 1. The van der Waals surface area contributed by atoms with Crippen molar-refractivity contribution in [2.24, 2.45) is 0 Å². The minimum Gasteiger partial charge on any atom is -0.497 e. The second-order valence-corrected chi connectivity index (χ2v) is 6.77. The zero-order chi connectivity index (χ0) is 17.6. The molecule has 1 N–H and O–H groups in total. The van der Waals surface area contributed by atoms with Crippen LogP contribution in [0.1, 0.15) is 12.8 Å². The van der Waals surface area contributed by atoms with Gasteiger partial charge < -0.3 is 19.7 Å². The zero-order valence-corrected chi connectivity index (χ0v) is 15.7. The second kappa shape index (κ2) is 8.29. The molecule has 1 aliphatic rings. The van der Waals surface area contributed by atoms with Crippen molar-refractivity contribution in [1.82, 2.24) is 10.2 Å². The molecule has 7 heteroatoms. The van der Waals surface area contributed by atoms with E-state index in [1.807, 2.05) is 30.5 Å². The van der Waals surface area contributed by atoms with Crippen molar-refractivity contribution >= 4 is 23.3 Å². The fourth-order valence-electron chi connectivity index (χ4n) is 2.97. The Morgan fingerprint density at radius 3 is 2.24 bits per heavy atom. The molecule has 0 atom stereocenters. The lowest BCUT2D eigenvalue weighted by atomic mass is 10.0. The Hall–Kier alpha value is -2.15. The van der Waals surface area contributed by atoms with Crippen LogP contribution in [-0.4, -0.2) is 49.8 Å². The summed E-state index contributed by atoms with van der Waals surface area (Å²) < 4.78 is 10.7. The summed E-state index contributed by atoms with van der Waals surface area (Å²) >= 11 is 1.61. The van der Waals surface area contributed by atoms with Crippen molar-refractivity contribution in [3.05, 3.63) is 30.3 Å². The van der Waals surface area contributed by atoms with E-state index in [1.165, 1.54) is 0 Å². The zero-order valence-electron chi connectivity index (χ0n) is 14.9. The van der Waals surface area contributed by atoms with E-state index < -0.39 is 0 Å². The SMILES string of the molecule is COc1cc(NC2CCN(c3ccc(SC)nn3)CC2)cc(OC)c1. The van der Waals surface area contributed by atoms with E-state index in [2.05, 4.69) is 26.5 Å². The van der Waals surface area contributed by atoms with Gasteiger partial charge in [-0.1, -0.05) is 0 Å². The van der Waals surface area contributed by atoms with Crippen molar-refractivity contribution in [2.45, 2.75) is 23.9 Å². The van der Waals surface area contributed by atoms with Crippen LogP contribution < -0.4 is 19.7 Å². The van der Waals surface area contributed by atoms with Gasteiger partial charge >= 0.3 is 0 Å². The van der Waals surface area contributed by atoms with Crippen LogP contribution in [0.25, 0.3) is 0 Å². The largest absolute Gasteiger partial charge is 0.497 e. The Bertz CT molecular complexity index is 666. The molecule has 25 heavy (non-hydrogen) atoms. The monoisotopic (exact) mass is 360 g/mol. The Morgan fingerprint density at radius 1 is 1.04 bits per heavy atom. The van der Waals surface area contributed by atoms with Gasteiger partial charge in [-0.25, -0.2) is 0 Å². The maximum Gasteiger partial charge on any atom is 0.151 e. The van der Waals surface area contributed by atoms with E-state index in [-0.39, 0.29) is 0 Å². The molecule has 0 unspecified atom stereocenters. The highest BCUT2D eigenvalue weighted by atomic mass is 32.2. The summed E-state index contributed by atoms with van der Waals surface area (Å²) in [5.41, 5.74) is 1.03. The lowest BCUT2D eigenvalue weighted by molar-refractivity contribution is 0.394. The molecule has 3 rings (SSSR count). The molecule has 0 radical (unpaired) electrons. The fraction of sp³-hybridized carbons (Fsp3) is 0.444. The van der Waals surface area contributed by atoms with Crippen LogP contribution in [0.4, 0.5) is 11.5 Å². The highest BCUT2D eigenvalue weighted by Gasteiger charge is 2.20. The number of nitrogens with one attached hydrogen (secondary N) is 1. The molecule has 2 aromatic rings. The highest BCUT2D eigenvalue weighted by molar-refractivity contribution is 7.98. The van der Waals surface area contributed by atoms with Crippen LogP contribution in [0.3, 0.4) is 0 Å². The van der Waals surface area contributed by atoms with E-state index in [1.54, 1.807) is 26.0 Å². The predicted octanol–water partition coefficient (Wildman–Crippen LogP) is 3.30. The van der Waals surface area contributed by atoms with Crippen LogP contribution >= 0.6 is 11.8 Å². The number of nitrogens with zero attached hydrogens (tertiary/aromatic N) is 3. The van der Waals surface area contributed by atoms with Crippen LogP contribution in [0.2, 0.25) is 0 Å². The number of aromatic nitrogens is 2. The maximum atomic E-state index is 5.34. The van der Waals surface area contributed by atoms with Gasteiger partial charge in [0.1, 0.15) is 16.5 Å². The molecule has 0 aliphatic carbocycles. The summed E-state index contributed by atoms with van der Waals surface area (Å²) in [7, 11) is 3.33. The lowest BCUT2D eigenvalue weighted by Gasteiger charge is -2.33. The van der Waals surface area contributed by atoms with Gasteiger partial charge in [-0.3, -0.25) is 0 Å². The number of anilines is 2. The molecule has 134 valence electrons. The molecule has 2 heterocycles. The van der Waals surface area contributed by atoms with E-state index in [0.717, 1.165) is 54.0 Å². The molecular weight excluding hydrogens is 336 g/mol. The molecule has 0 spiro atoms.